The fraction of sp³-hybridized carbons (Fsp3) is 0.792. The third-order valence-corrected chi connectivity index (χ3v) is 5.80. The van der Waals surface area contributed by atoms with E-state index in [0.29, 0.717) is 0 Å². The van der Waals surface area contributed by atoms with E-state index in [1.807, 2.05) is 0 Å². The number of hydrogen-bond donors (Lipinski definition) is 0. The summed E-state index contributed by atoms with van der Waals surface area (Å²) < 4.78 is 0. The van der Waals surface area contributed by atoms with E-state index < -0.39 is 0 Å². The van der Waals surface area contributed by atoms with Crippen LogP contribution in [0.25, 0.3) is 0 Å². The van der Waals surface area contributed by atoms with Crippen LogP contribution >= 0.6 is 17.0 Å². The summed E-state index contributed by atoms with van der Waals surface area (Å²) in [6.45, 7) is 8.86. The summed E-state index contributed by atoms with van der Waals surface area (Å²) in [5, 5.41) is 0. The summed E-state index contributed by atoms with van der Waals surface area (Å²) in [7, 11) is 0. The minimum absolute atomic E-state index is 0. The Hall–Kier alpha value is -0.370. The predicted molar refractivity (Wildman–Crippen MR) is 123 cm³/mol. The Balaban J connectivity index is 0.00000625. The highest BCUT2D eigenvalue weighted by Gasteiger charge is 2.04. The van der Waals surface area contributed by atoms with E-state index in [0.717, 1.165) is 0 Å². The van der Waals surface area contributed by atoms with Crippen LogP contribution in [-0.2, 0) is 6.42 Å². The van der Waals surface area contributed by atoms with Crippen molar-refractivity contribution in [3.8, 4) is 0 Å². The van der Waals surface area contributed by atoms with Gasteiger partial charge in [0.15, 0.2) is 0 Å². The maximum Gasteiger partial charge on any atom is 0.0404 e. The Labute approximate surface area is 174 Å². The molecule has 1 aromatic heterocycles. The van der Waals surface area contributed by atoms with Crippen molar-refractivity contribution in [3.63, 3.8) is 0 Å². The van der Waals surface area contributed by atoms with Gasteiger partial charge in [0, 0.05) is 11.9 Å². The number of halogens is 1. The molecule has 1 aromatic rings. The van der Waals surface area contributed by atoms with Gasteiger partial charge < -0.3 is 0 Å². The topological polar surface area (TPSA) is 12.9 Å². The Morgan fingerprint density at radius 3 is 1.50 bits per heavy atom. The molecule has 0 atom stereocenters. The lowest BCUT2D eigenvalue weighted by Crippen LogP contribution is -1.98. The van der Waals surface area contributed by atoms with Gasteiger partial charge in [-0.05, 0) is 50.3 Å². The maximum absolute atomic E-state index is 4.52. The van der Waals surface area contributed by atoms with Crippen LogP contribution in [0, 0.1) is 20.8 Å². The molecule has 0 bridgehead atoms. The van der Waals surface area contributed by atoms with E-state index in [9.17, 15) is 0 Å². The zero-order valence-electron chi connectivity index (χ0n) is 18.0. The molecule has 152 valence electrons. The van der Waals surface area contributed by atoms with Crippen molar-refractivity contribution in [1.29, 1.82) is 0 Å². The third-order valence-electron chi connectivity index (χ3n) is 5.80. The van der Waals surface area contributed by atoms with Crippen molar-refractivity contribution in [2.24, 2.45) is 0 Å². The molecule has 0 saturated heterocycles. The Bertz CT molecular complexity index is 456. The summed E-state index contributed by atoms with van der Waals surface area (Å²) in [4.78, 5) is 4.52. The van der Waals surface area contributed by atoms with Crippen molar-refractivity contribution in [2.75, 3.05) is 0 Å². The summed E-state index contributed by atoms with van der Waals surface area (Å²) in [5.74, 6) is 0. The van der Waals surface area contributed by atoms with Crippen LogP contribution in [0.2, 0.25) is 0 Å². The number of pyridine rings is 1. The lowest BCUT2D eigenvalue weighted by molar-refractivity contribution is 0.535. The second-order valence-electron chi connectivity index (χ2n) is 7.97. The highest BCUT2D eigenvalue weighted by atomic mass is 79.9. The smallest absolute Gasteiger partial charge is 0.0404 e. The Morgan fingerprint density at radius 2 is 1.04 bits per heavy atom. The maximum atomic E-state index is 4.52. The van der Waals surface area contributed by atoms with Crippen LogP contribution in [-0.4, -0.2) is 4.98 Å². The van der Waals surface area contributed by atoms with Crippen LogP contribution < -0.4 is 0 Å². The molecular formula is C24H44BrN. The van der Waals surface area contributed by atoms with Gasteiger partial charge in [-0.25, -0.2) is 0 Å². The first kappa shape index (κ1) is 25.6. The highest BCUT2D eigenvalue weighted by molar-refractivity contribution is 8.93. The molecule has 0 fully saturated rings. The second-order valence-corrected chi connectivity index (χ2v) is 7.97. The van der Waals surface area contributed by atoms with Crippen molar-refractivity contribution in [1.82, 2.24) is 4.98 Å². The highest BCUT2D eigenvalue weighted by Crippen LogP contribution is 2.18. The van der Waals surface area contributed by atoms with E-state index in [4.69, 9.17) is 0 Å². The van der Waals surface area contributed by atoms with E-state index >= 15 is 0 Å². The van der Waals surface area contributed by atoms with Gasteiger partial charge in [-0.3, -0.25) is 4.98 Å². The minimum Gasteiger partial charge on any atom is -0.261 e. The molecule has 0 amide bonds. The average molecular weight is 427 g/mol. The monoisotopic (exact) mass is 425 g/mol. The van der Waals surface area contributed by atoms with Gasteiger partial charge in [-0.1, -0.05) is 90.4 Å². The first-order chi connectivity index (χ1) is 12.2. The fourth-order valence-corrected chi connectivity index (χ4v) is 3.64. The molecule has 0 unspecified atom stereocenters. The first-order valence-electron chi connectivity index (χ1n) is 11.1. The molecule has 0 saturated carbocycles. The molecule has 0 aliphatic rings. The first-order valence-corrected chi connectivity index (χ1v) is 11.1. The van der Waals surface area contributed by atoms with Crippen molar-refractivity contribution >= 4 is 17.0 Å². The third kappa shape index (κ3) is 11.4. The van der Waals surface area contributed by atoms with E-state index in [1.165, 1.54) is 119 Å². The summed E-state index contributed by atoms with van der Waals surface area (Å²) >= 11 is 0. The van der Waals surface area contributed by atoms with Gasteiger partial charge in [0.25, 0.3) is 0 Å². The average Bonchev–Trinajstić information content (AvgIpc) is 2.61. The van der Waals surface area contributed by atoms with Gasteiger partial charge in [-0.15, -0.1) is 17.0 Å². The zero-order valence-corrected chi connectivity index (χ0v) is 19.8. The molecule has 2 heteroatoms. The molecule has 0 N–H and O–H groups in total. The van der Waals surface area contributed by atoms with Crippen LogP contribution in [0.5, 0.6) is 0 Å². The number of aromatic nitrogens is 1. The Kier molecular flexibility index (Phi) is 16.5. The zero-order chi connectivity index (χ0) is 18.3. The molecule has 1 nitrogen and oxygen atoms in total. The van der Waals surface area contributed by atoms with E-state index in [-0.39, 0.29) is 17.0 Å². The number of nitrogens with zero attached hydrogens (tertiary/aromatic N) is 1. The number of hydrogen-bond acceptors (Lipinski definition) is 1. The molecule has 0 spiro atoms. The molecule has 1 heterocycles. The van der Waals surface area contributed by atoms with Crippen molar-refractivity contribution < 1.29 is 0 Å². The minimum atomic E-state index is 0. The van der Waals surface area contributed by atoms with Gasteiger partial charge in [0.1, 0.15) is 0 Å². The lowest BCUT2D eigenvalue weighted by Gasteiger charge is -2.10. The fourth-order valence-electron chi connectivity index (χ4n) is 3.64. The largest absolute Gasteiger partial charge is 0.261 e. The molecule has 0 aliphatic carbocycles. The number of unbranched alkanes of at least 4 members (excludes halogenated alkanes) is 13. The predicted octanol–water partition coefficient (Wildman–Crippen LogP) is 8.61. The summed E-state index contributed by atoms with van der Waals surface area (Å²) in [6, 6.07) is 0. The van der Waals surface area contributed by atoms with Crippen molar-refractivity contribution in [2.45, 2.75) is 124 Å². The second kappa shape index (κ2) is 16.8. The Morgan fingerprint density at radius 1 is 0.615 bits per heavy atom. The molecule has 0 radical (unpaired) electrons. The number of rotatable bonds is 15. The molecule has 1 rings (SSSR count). The van der Waals surface area contributed by atoms with Gasteiger partial charge >= 0.3 is 0 Å². The lowest BCUT2D eigenvalue weighted by atomic mass is 9.99. The van der Waals surface area contributed by atoms with Crippen molar-refractivity contribution in [3.05, 3.63) is 28.6 Å². The van der Waals surface area contributed by atoms with Crippen LogP contribution in [0.1, 0.15) is 119 Å². The van der Waals surface area contributed by atoms with Crippen LogP contribution in [0.15, 0.2) is 6.20 Å². The normalized spacial score (nSPS) is 10.8. The molecule has 0 aromatic carbocycles. The van der Waals surface area contributed by atoms with Gasteiger partial charge in [0.2, 0.25) is 0 Å². The van der Waals surface area contributed by atoms with Gasteiger partial charge in [-0.2, -0.15) is 0 Å². The van der Waals surface area contributed by atoms with Gasteiger partial charge in [0.05, 0.1) is 0 Å². The van der Waals surface area contributed by atoms with Crippen LogP contribution in [0.3, 0.4) is 0 Å². The molecular weight excluding hydrogens is 382 g/mol. The summed E-state index contributed by atoms with van der Waals surface area (Å²) in [6.07, 6.45) is 23.3. The quantitative estimate of drug-likeness (QED) is 0.256. The molecule has 26 heavy (non-hydrogen) atoms. The SMILES string of the molecule is Br.CCCCCCCCCCCCCCCCc1cnc(C)c(C)c1C. The van der Waals surface area contributed by atoms with E-state index in [2.05, 4.69) is 38.9 Å². The standard InChI is InChI=1S/C24H43N.BrH/c1-5-6-7-8-9-10-11-12-13-14-15-16-17-18-19-24-20-25-23(4)21(2)22(24)3;/h20H,5-19H2,1-4H3;1H. The van der Waals surface area contributed by atoms with Crippen LogP contribution in [0.4, 0.5) is 0 Å². The number of aryl methyl sites for hydroxylation is 2. The summed E-state index contributed by atoms with van der Waals surface area (Å²) in [5.41, 5.74) is 5.48. The van der Waals surface area contributed by atoms with E-state index in [1.54, 1.807) is 0 Å². The molecule has 0 aliphatic heterocycles.